The molecule has 8 heteroatoms. The second-order valence-electron chi connectivity index (χ2n) is 4.37. The molecule has 4 nitrogen and oxygen atoms in total. The summed E-state index contributed by atoms with van der Waals surface area (Å²) in [6.45, 7) is 0. The van der Waals surface area contributed by atoms with Crippen LogP contribution >= 0.6 is 11.3 Å². The van der Waals surface area contributed by atoms with Crippen LogP contribution in [0.15, 0.2) is 41.9 Å². The Kier molecular flexibility index (Phi) is 3.53. The summed E-state index contributed by atoms with van der Waals surface area (Å²) < 4.78 is 39.5. The fourth-order valence-electron chi connectivity index (χ4n) is 1.95. The van der Waals surface area contributed by atoms with Crippen molar-refractivity contribution in [2.45, 2.75) is 6.18 Å². The first-order chi connectivity index (χ1) is 10.4. The van der Waals surface area contributed by atoms with E-state index in [4.69, 9.17) is 0 Å². The van der Waals surface area contributed by atoms with Crippen LogP contribution in [0.2, 0.25) is 0 Å². The highest BCUT2D eigenvalue weighted by Gasteiger charge is 2.37. The van der Waals surface area contributed by atoms with Crippen molar-refractivity contribution < 1.29 is 18.0 Å². The Morgan fingerprint density at radius 2 is 2.00 bits per heavy atom. The Morgan fingerprint density at radius 1 is 1.23 bits per heavy atom. The normalized spacial score (nSPS) is 11.6. The van der Waals surface area contributed by atoms with E-state index in [0.717, 1.165) is 11.3 Å². The molecule has 0 radical (unpaired) electrons. The molecular formula is C14H8F3N3OS. The molecule has 0 spiro atoms. The van der Waals surface area contributed by atoms with Crippen molar-refractivity contribution >= 4 is 33.3 Å². The van der Waals surface area contributed by atoms with Crippen molar-refractivity contribution in [2.75, 3.05) is 5.32 Å². The van der Waals surface area contributed by atoms with Crippen LogP contribution in [0.5, 0.6) is 0 Å². The van der Waals surface area contributed by atoms with Gasteiger partial charge in [-0.2, -0.15) is 13.2 Å². The number of thiazole rings is 1. The molecule has 0 fully saturated rings. The summed E-state index contributed by atoms with van der Waals surface area (Å²) in [4.78, 5) is 19.6. The lowest BCUT2D eigenvalue weighted by atomic mass is 10.1. The molecule has 0 aliphatic heterocycles. The number of anilines is 1. The number of carbonyl (C=O) groups is 1. The number of alkyl halides is 3. The van der Waals surface area contributed by atoms with Crippen LogP contribution in [0.1, 0.15) is 16.1 Å². The zero-order valence-electron chi connectivity index (χ0n) is 10.9. The minimum atomic E-state index is -4.72. The quantitative estimate of drug-likeness (QED) is 0.776. The number of para-hydroxylation sites is 1. The van der Waals surface area contributed by atoms with Gasteiger partial charge >= 0.3 is 6.18 Å². The van der Waals surface area contributed by atoms with Gasteiger partial charge in [0.05, 0.1) is 11.1 Å². The molecule has 1 aromatic carbocycles. The third kappa shape index (κ3) is 2.77. The van der Waals surface area contributed by atoms with E-state index in [1.807, 2.05) is 0 Å². The van der Waals surface area contributed by atoms with Gasteiger partial charge < -0.3 is 0 Å². The number of amides is 1. The lowest BCUT2D eigenvalue weighted by Crippen LogP contribution is -2.20. The summed E-state index contributed by atoms with van der Waals surface area (Å²) in [5, 5.41) is 4.64. The zero-order valence-corrected chi connectivity index (χ0v) is 11.7. The van der Waals surface area contributed by atoms with Gasteiger partial charge in [0.25, 0.3) is 5.91 Å². The maximum absolute atomic E-state index is 13.2. The summed E-state index contributed by atoms with van der Waals surface area (Å²) in [7, 11) is 0. The number of rotatable bonds is 2. The van der Waals surface area contributed by atoms with E-state index in [1.165, 1.54) is 18.3 Å². The molecule has 3 rings (SSSR count). The van der Waals surface area contributed by atoms with Gasteiger partial charge in [-0.1, -0.05) is 18.2 Å². The van der Waals surface area contributed by atoms with Crippen molar-refractivity contribution in [2.24, 2.45) is 0 Å². The standard InChI is InChI=1S/C14H8F3N3OS/c15-14(16,17)11-9(12(21)20-13-18-5-6-22-13)7-8-3-1-2-4-10(8)19-11/h1-7H,(H,18,20,21). The average Bonchev–Trinajstić information content (AvgIpc) is 2.98. The topological polar surface area (TPSA) is 54.9 Å². The average molecular weight is 323 g/mol. The Morgan fingerprint density at radius 3 is 2.68 bits per heavy atom. The van der Waals surface area contributed by atoms with E-state index < -0.39 is 23.3 Å². The summed E-state index contributed by atoms with van der Waals surface area (Å²) >= 11 is 1.12. The van der Waals surface area contributed by atoms with Crippen LogP contribution in [0.4, 0.5) is 18.3 Å². The molecule has 3 aromatic rings. The van der Waals surface area contributed by atoms with E-state index in [2.05, 4.69) is 15.3 Å². The maximum atomic E-state index is 13.2. The smallest absolute Gasteiger partial charge is 0.298 e. The van der Waals surface area contributed by atoms with Crippen molar-refractivity contribution in [3.8, 4) is 0 Å². The van der Waals surface area contributed by atoms with Crippen LogP contribution < -0.4 is 5.32 Å². The summed E-state index contributed by atoms with van der Waals surface area (Å²) in [5.74, 6) is -0.888. The predicted molar refractivity (Wildman–Crippen MR) is 76.8 cm³/mol. The first-order valence-electron chi connectivity index (χ1n) is 6.13. The van der Waals surface area contributed by atoms with Gasteiger partial charge in [0.15, 0.2) is 10.8 Å². The Labute approximate surface area is 126 Å². The Bertz CT molecular complexity index is 831. The number of fused-ring (bicyclic) bond motifs is 1. The summed E-state index contributed by atoms with van der Waals surface area (Å²) in [6.07, 6.45) is -3.27. The van der Waals surface area contributed by atoms with Crippen LogP contribution in [0.3, 0.4) is 0 Å². The second kappa shape index (κ2) is 5.38. The van der Waals surface area contributed by atoms with E-state index in [-0.39, 0.29) is 10.6 Å². The first kappa shape index (κ1) is 14.5. The van der Waals surface area contributed by atoms with Gasteiger partial charge in [-0.05, 0) is 12.1 Å². The fourth-order valence-corrected chi connectivity index (χ4v) is 2.48. The second-order valence-corrected chi connectivity index (χ2v) is 5.26. The van der Waals surface area contributed by atoms with Crippen LogP contribution in [-0.2, 0) is 6.18 Å². The number of nitrogens with one attached hydrogen (secondary N) is 1. The molecule has 0 unspecified atom stereocenters. The van der Waals surface area contributed by atoms with Gasteiger partial charge in [0.2, 0.25) is 0 Å². The number of carbonyl (C=O) groups excluding carboxylic acids is 1. The molecule has 1 N–H and O–H groups in total. The van der Waals surface area contributed by atoms with Crippen molar-refractivity contribution in [1.82, 2.24) is 9.97 Å². The molecule has 112 valence electrons. The molecule has 0 aliphatic carbocycles. The Balaban J connectivity index is 2.11. The Hall–Kier alpha value is -2.48. The van der Waals surface area contributed by atoms with Gasteiger partial charge in [0, 0.05) is 17.0 Å². The first-order valence-corrected chi connectivity index (χ1v) is 7.01. The highest BCUT2D eigenvalue weighted by atomic mass is 32.1. The number of halogens is 3. The van der Waals surface area contributed by atoms with E-state index in [0.29, 0.717) is 5.39 Å². The largest absolute Gasteiger partial charge is 0.434 e. The van der Waals surface area contributed by atoms with Crippen LogP contribution in [0.25, 0.3) is 10.9 Å². The summed E-state index contributed by atoms with van der Waals surface area (Å²) in [6, 6.07) is 7.51. The molecular weight excluding hydrogens is 315 g/mol. The number of benzene rings is 1. The number of aromatic nitrogens is 2. The number of hydrogen-bond donors (Lipinski definition) is 1. The molecule has 22 heavy (non-hydrogen) atoms. The fraction of sp³-hybridized carbons (Fsp3) is 0.0714. The number of pyridine rings is 1. The SMILES string of the molecule is O=C(Nc1nccs1)c1cc2ccccc2nc1C(F)(F)F. The molecule has 0 saturated heterocycles. The molecule has 2 aromatic heterocycles. The summed E-state index contributed by atoms with van der Waals surface area (Å²) in [5.41, 5.74) is -1.55. The minimum Gasteiger partial charge on any atom is -0.298 e. The van der Waals surface area contributed by atoms with Gasteiger partial charge in [0.1, 0.15) is 0 Å². The molecule has 2 heterocycles. The third-order valence-electron chi connectivity index (χ3n) is 2.89. The van der Waals surface area contributed by atoms with E-state index >= 15 is 0 Å². The number of hydrogen-bond acceptors (Lipinski definition) is 4. The van der Waals surface area contributed by atoms with Gasteiger partial charge in [-0.25, -0.2) is 9.97 Å². The van der Waals surface area contributed by atoms with E-state index in [1.54, 1.807) is 23.6 Å². The van der Waals surface area contributed by atoms with Gasteiger partial charge in [-0.15, -0.1) is 11.3 Å². The molecule has 1 amide bonds. The lowest BCUT2D eigenvalue weighted by Gasteiger charge is -2.12. The molecule has 0 bridgehead atoms. The monoisotopic (exact) mass is 323 g/mol. The maximum Gasteiger partial charge on any atom is 0.434 e. The predicted octanol–water partition coefficient (Wildman–Crippen LogP) is 3.96. The van der Waals surface area contributed by atoms with Gasteiger partial charge in [-0.3, -0.25) is 10.1 Å². The van der Waals surface area contributed by atoms with Crippen molar-refractivity contribution in [1.29, 1.82) is 0 Å². The van der Waals surface area contributed by atoms with Crippen molar-refractivity contribution in [3.63, 3.8) is 0 Å². The lowest BCUT2D eigenvalue weighted by molar-refractivity contribution is -0.141. The van der Waals surface area contributed by atoms with Crippen molar-refractivity contribution in [3.05, 3.63) is 53.2 Å². The molecule has 0 atom stereocenters. The number of nitrogens with zero attached hydrogens (tertiary/aromatic N) is 2. The molecule has 0 aliphatic rings. The molecule has 0 saturated carbocycles. The highest BCUT2D eigenvalue weighted by Crippen LogP contribution is 2.32. The van der Waals surface area contributed by atoms with Crippen LogP contribution in [0, 0.1) is 0 Å². The third-order valence-corrected chi connectivity index (χ3v) is 3.58. The zero-order chi connectivity index (χ0) is 15.7. The van der Waals surface area contributed by atoms with E-state index in [9.17, 15) is 18.0 Å². The highest BCUT2D eigenvalue weighted by molar-refractivity contribution is 7.13. The van der Waals surface area contributed by atoms with Crippen LogP contribution in [-0.4, -0.2) is 15.9 Å². The minimum absolute atomic E-state index is 0.181.